The van der Waals surface area contributed by atoms with E-state index < -0.39 is 0 Å². The van der Waals surface area contributed by atoms with Crippen LogP contribution in [0.5, 0.6) is 0 Å². The molecule has 2 saturated heterocycles. The highest BCUT2D eigenvalue weighted by Crippen LogP contribution is 2.30. The summed E-state index contributed by atoms with van der Waals surface area (Å²) >= 11 is 0. The van der Waals surface area contributed by atoms with Crippen LogP contribution in [0, 0.1) is 13.8 Å². The molecule has 23 heavy (non-hydrogen) atoms. The van der Waals surface area contributed by atoms with Crippen molar-refractivity contribution < 1.29 is 4.79 Å². The zero-order chi connectivity index (χ0) is 16.6. The van der Waals surface area contributed by atoms with Crippen LogP contribution in [-0.4, -0.2) is 51.9 Å². The zero-order valence-corrected chi connectivity index (χ0v) is 14.9. The van der Waals surface area contributed by atoms with Gasteiger partial charge in [-0.1, -0.05) is 0 Å². The number of pyridine rings is 1. The molecule has 3 rings (SSSR count). The number of aromatic nitrogens is 1. The highest BCUT2D eigenvalue weighted by molar-refractivity contribution is 5.95. The minimum atomic E-state index is 0.152. The molecule has 0 aromatic carbocycles. The number of nitrogens with zero attached hydrogens (tertiary/aromatic N) is 3. The lowest BCUT2D eigenvalue weighted by Gasteiger charge is -2.41. The van der Waals surface area contributed by atoms with E-state index in [0.717, 1.165) is 36.5 Å². The summed E-state index contributed by atoms with van der Waals surface area (Å²) in [6.07, 6.45) is 4.88. The largest absolute Gasteiger partial charge is 0.337 e. The van der Waals surface area contributed by atoms with Gasteiger partial charge in [-0.05, 0) is 65.5 Å². The smallest absolute Gasteiger partial charge is 0.255 e. The number of hydrogen-bond donors (Lipinski definition) is 0. The first-order chi connectivity index (χ1) is 11.0. The summed E-state index contributed by atoms with van der Waals surface area (Å²) in [6, 6.07) is 5.68. The van der Waals surface area contributed by atoms with E-state index >= 15 is 0 Å². The molecule has 0 spiro atoms. The number of carbonyl (C=O) groups excluding carboxylic acids is 1. The number of hydrogen-bond acceptors (Lipinski definition) is 3. The van der Waals surface area contributed by atoms with Gasteiger partial charge in [-0.2, -0.15) is 0 Å². The number of amides is 1. The highest BCUT2D eigenvalue weighted by Gasteiger charge is 2.36. The molecule has 2 aliphatic rings. The first kappa shape index (κ1) is 16.4. The topological polar surface area (TPSA) is 36.4 Å². The average molecular weight is 315 g/mol. The maximum Gasteiger partial charge on any atom is 0.255 e. The Labute approximate surface area is 139 Å². The lowest BCUT2D eigenvalue weighted by molar-refractivity contribution is 0.0486. The van der Waals surface area contributed by atoms with E-state index in [1.807, 2.05) is 30.9 Å². The Hall–Kier alpha value is -1.42. The van der Waals surface area contributed by atoms with Crippen LogP contribution in [0.25, 0.3) is 0 Å². The molecule has 4 heteroatoms. The highest BCUT2D eigenvalue weighted by atomic mass is 16.2. The standard InChI is InChI=1S/C19H29N3O/c1-13-7-10-18(16(4)20-13)19(23)21-11-5-6-17(12-21)22-14(2)8-9-15(22)3/h7,10,14-15,17H,5-6,8-9,11-12H2,1-4H3/t14-,15+,17-/m1/s1. The number of piperidine rings is 1. The molecule has 1 aromatic rings. The fraction of sp³-hybridized carbons (Fsp3) is 0.684. The van der Waals surface area contributed by atoms with Gasteiger partial charge in [0.25, 0.3) is 5.91 Å². The Morgan fingerprint density at radius 2 is 1.83 bits per heavy atom. The van der Waals surface area contributed by atoms with Crippen molar-refractivity contribution in [2.75, 3.05) is 13.1 Å². The molecule has 0 radical (unpaired) electrons. The lowest BCUT2D eigenvalue weighted by atomic mass is 10.0. The molecule has 2 fully saturated rings. The minimum Gasteiger partial charge on any atom is -0.337 e. The monoisotopic (exact) mass is 315 g/mol. The van der Waals surface area contributed by atoms with E-state index in [0.29, 0.717) is 18.1 Å². The number of carbonyl (C=O) groups is 1. The third-order valence-electron chi connectivity index (χ3n) is 5.58. The van der Waals surface area contributed by atoms with Gasteiger partial charge in [0, 0.05) is 36.9 Å². The van der Waals surface area contributed by atoms with E-state index in [-0.39, 0.29) is 5.91 Å². The quantitative estimate of drug-likeness (QED) is 0.841. The number of rotatable bonds is 2. The van der Waals surface area contributed by atoms with Gasteiger partial charge in [0.2, 0.25) is 0 Å². The van der Waals surface area contributed by atoms with Crippen molar-refractivity contribution in [3.05, 3.63) is 29.1 Å². The van der Waals surface area contributed by atoms with E-state index in [1.165, 1.54) is 19.3 Å². The van der Waals surface area contributed by atoms with Crippen LogP contribution in [0.4, 0.5) is 0 Å². The molecule has 0 saturated carbocycles. The Morgan fingerprint density at radius 3 is 2.48 bits per heavy atom. The first-order valence-corrected chi connectivity index (χ1v) is 8.98. The molecule has 1 aromatic heterocycles. The maximum absolute atomic E-state index is 12.9. The van der Waals surface area contributed by atoms with Crippen LogP contribution < -0.4 is 0 Å². The van der Waals surface area contributed by atoms with Crippen molar-refractivity contribution in [2.45, 2.75) is 71.5 Å². The lowest BCUT2D eigenvalue weighted by Crippen LogP contribution is -2.52. The second-order valence-electron chi connectivity index (χ2n) is 7.36. The molecule has 0 bridgehead atoms. The SMILES string of the molecule is Cc1ccc(C(=O)N2CCC[C@@H](N3[C@H](C)CC[C@@H]3C)C2)c(C)n1. The van der Waals surface area contributed by atoms with Crippen LogP contribution in [0.1, 0.15) is 61.3 Å². The molecule has 0 aliphatic carbocycles. The molecule has 3 heterocycles. The van der Waals surface area contributed by atoms with Crippen molar-refractivity contribution in [3.63, 3.8) is 0 Å². The molecule has 0 N–H and O–H groups in total. The van der Waals surface area contributed by atoms with E-state index in [4.69, 9.17) is 0 Å². The van der Waals surface area contributed by atoms with Gasteiger partial charge in [0.1, 0.15) is 0 Å². The second kappa shape index (κ2) is 6.60. The summed E-state index contributed by atoms with van der Waals surface area (Å²) in [6.45, 7) is 10.3. The van der Waals surface area contributed by atoms with Crippen molar-refractivity contribution >= 4 is 5.91 Å². The van der Waals surface area contributed by atoms with Crippen molar-refractivity contribution in [3.8, 4) is 0 Å². The van der Waals surface area contributed by atoms with Gasteiger partial charge in [0.05, 0.1) is 11.3 Å². The van der Waals surface area contributed by atoms with E-state index in [9.17, 15) is 4.79 Å². The van der Waals surface area contributed by atoms with Crippen LogP contribution in [-0.2, 0) is 0 Å². The van der Waals surface area contributed by atoms with Gasteiger partial charge in [-0.15, -0.1) is 0 Å². The van der Waals surface area contributed by atoms with Crippen molar-refractivity contribution in [1.82, 2.24) is 14.8 Å². The van der Waals surface area contributed by atoms with Gasteiger partial charge in [-0.3, -0.25) is 14.7 Å². The van der Waals surface area contributed by atoms with E-state index in [2.05, 4.69) is 23.7 Å². The predicted octanol–water partition coefficient (Wildman–Crippen LogP) is 3.18. The molecule has 126 valence electrons. The first-order valence-electron chi connectivity index (χ1n) is 8.98. The molecule has 0 unspecified atom stereocenters. The summed E-state index contributed by atoms with van der Waals surface area (Å²) in [7, 11) is 0. The van der Waals surface area contributed by atoms with Crippen molar-refractivity contribution in [2.24, 2.45) is 0 Å². The van der Waals surface area contributed by atoms with Gasteiger partial charge >= 0.3 is 0 Å². The Bertz CT molecular complexity index is 576. The summed E-state index contributed by atoms with van der Waals surface area (Å²) < 4.78 is 0. The van der Waals surface area contributed by atoms with Crippen LogP contribution >= 0.6 is 0 Å². The summed E-state index contributed by atoms with van der Waals surface area (Å²) in [5.74, 6) is 0.152. The predicted molar refractivity (Wildman–Crippen MR) is 92.6 cm³/mol. The molecule has 2 aliphatic heterocycles. The molecular weight excluding hydrogens is 286 g/mol. The van der Waals surface area contributed by atoms with Crippen LogP contribution in [0.2, 0.25) is 0 Å². The fourth-order valence-electron chi connectivity index (χ4n) is 4.40. The van der Waals surface area contributed by atoms with Crippen LogP contribution in [0.15, 0.2) is 12.1 Å². The van der Waals surface area contributed by atoms with Crippen molar-refractivity contribution in [1.29, 1.82) is 0 Å². The summed E-state index contributed by atoms with van der Waals surface area (Å²) in [5.41, 5.74) is 2.58. The third-order valence-corrected chi connectivity index (χ3v) is 5.58. The van der Waals surface area contributed by atoms with Gasteiger partial charge in [0.15, 0.2) is 0 Å². The Morgan fingerprint density at radius 1 is 1.13 bits per heavy atom. The van der Waals surface area contributed by atoms with Crippen LogP contribution in [0.3, 0.4) is 0 Å². The molecule has 1 amide bonds. The van der Waals surface area contributed by atoms with Gasteiger partial charge < -0.3 is 4.90 Å². The maximum atomic E-state index is 12.9. The Kier molecular flexibility index (Phi) is 4.72. The third kappa shape index (κ3) is 3.27. The number of likely N-dealkylation sites (tertiary alicyclic amines) is 2. The van der Waals surface area contributed by atoms with E-state index in [1.54, 1.807) is 0 Å². The Balaban J connectivity index is 1.74. The fourth-order valence-corrected chi connectivity index (χ4v) is 4.40. The molecule has 3 atom stereocenters. The summed E-state index contributed by atoms with van der Waals surface area (Å²) in [4.78, 5) is 22.1. The second-order valence-corrected chi connectivity index (χ2v) is 7.36. The molecule has 4 nitrogen and oxygen atoms in total. The minimum absolute atomic E-state index is 0.152. The normalized spacial score (nSPS) is 29.0. The van der Waals surface area contributed by atoms with Gasteiger partial charge in [-0.25, -0.2) is 0 Å². The number of aryl methyl sites for hydroxylation is 2. The molecular formula is C19H29N3O. The average Bonchev–Trinajstić information content (AvgIpc) is 2.86. The summed E-state index contributed by atoms with van der Waals surface area (Å²) in [5, 5.41) is 0. The zero-order valence-electron chi connectivity index (χ0n) is 14.9.